The summed E-state index contributed by atoms with van der Waals surface area (Å²) in [6.45, 7) is 10.5. The average Bonchev–Trinajstić information content (AvgIpc) is 2.66. The zero-order valence-electron chi connectivity index (χ0n) is 18.7. The third kappa shape index (κ3) is 4.09. The molecule has 162 valence electrons. The van der Waals surface area contributed by atoms with Gasteiger partial charge in [-0.05, 0) is 50.3 Å². The van der Waals surface area contributed by atoms with Gasteiger partial charge in [-0.15, -0.1) is 0 Å². The normalized spacial score (nSPS) is 20.5. The first kappa shape index (κ1) is 21.9. The van der Waals surface area contributed by atoms with Crippen LogP contribution in [0.1, 0.15) is 58.9 Å². The molecule has 0 radical (unpaired) electrons. The predicted molar refractivity (Wildman–Crippen MR) is 114 cm³/mol. The number of ether oxygens (including phenoxy) is 3. The van der Waals surface area contributed by atoms with Gasteiger partial charge in [0.25, 0.3) is 0 Å². The highest BCUT2D eigenvalue weighted by molar-refractivity contribution is 6.04. The van der Waals surface area contributed by atoms with Gasteiger partial charge in [-0.2, -0.15) is 0 Å². The van der Waals surface area contributed by atoms with Crippen molar-refractivity contribution in [3.05, 3.63) is 46.3 Å². The summed E-state index contributed by atoms with van der Waals surface area (Å²) in [5.41, 5.74) is 3.39. The molecule has 0 spiro atoms. The Hall–Kier alpha value is -2.76. The topological polar surface area (TPSA) is 73.9 Å². The van der Waals surface area contributed by atoms with Crippen molar-refractivity contribution in [2.24, 2.45) is 5.41 Å². The van der Waals surface area contributed by atoms with E-state index in [1.54, 1.807) is 14.0 Å². The Balaban J connectivity index is 2.18. The van der Waals surface area contributed by atoms with E-state index in [2.05, 4.69) is 19.2 Å². The van der Waals surface area contributed by atoms with Crippen molar-refractivity contribution in [1.82, 2.24) is 5.32 Å². The van der Waals surface area contributed by atoms with E-state index in [4.69, 9.17) is 14.2 Å². The van der Waals surface area contributed by atoms with Crippen molar-refractivity contribution in [2.75, 3.05) is 20.3 Å². The van der Waals surface area contributed by atoms with E-state index in [-0.39, 0.29) is 17.8 Å². The summed E-state index contributed by atoms with van der Waals surface area (Å²) >= 11 is 0. The van der Waals surface area contributed by atoms with Crippen LogP contribution in [-0.4, -0.2) is 32.1 Å². The number of ketones is 1. The Kier molecular flexibility index (Phi) is 6.25. The van der Waals surface area contributed by atoms with Gasteiger partial charge in [0.2, 0.25) is 0 Å². The number of carbonyl (C=O) groups excluding carboxylic acids is 2. The third-order valence-corrected chi connectivity index (χ3v) is 5.56. The van der Waals surface area contributed by atoms with Crippen LogP contribution in [0, 0.1) is 5.41 Å². The maximum Gasteiger partial charge on any atom is 0.336 e. The van der Waals surface area contributed by atoms with E-state index in [9.17, 15) is 9.59 Å². The molecular formula is C24H31NO5. The largest absolute Gasteiger partial charge is 0.493 e. The molecule has 1 aromatic rings. The first-order chi connectivity index (χ1) is 14.2. The smallest absolute Gasteiger partial charge is 0.336 e. The third-order valence-electron chi connectivity index (χ3n) is 5.56. The number of nitrogens with one attached hydrogen (secondary N) is 1. The number of rotatable bonds is 6. The van der Waals surface area contributed by atoms with Crippen LogP contribution < -0.4 is 14.8 Å². The summed E-state index contributed by atoms with van der Waals surface area (Å²) < 4.78 is 16.5. The SMILES string of the molecule is CCOC(=O)C1=C(C)NC2=C(C(=O)CC(C)(C)C2)[C@@H]1c1ccc(OCC)c(OC)c1. The van der Waals surface area contributed by atoms with E-state index in [1.807, 2.05) is 32.0 Å². The molecule has 0 amide bonds. The second-order valence-electron chi connectivity index (χ2n) is 8.49. The summed E-state index contributed by atoms with van der Waals surface area (Å²) in [7, 11) is 1.58. The minimum Gasteiger partial charge on any atom is -0.493 e. The highest BCUT2D eigenvalue weighted by atomic mass is 16.5. The van der Waals surface area contributed by atoms with Gasteiger partial charge in [0.05, 0.1) is 25.9 Å². The quantitative estimate of drug-likeness (QED) is 0.703. The standard InChI is InChI=1S/C24H31NO5/c1-7-29-18-10-9-15(11-19(18)28-6)21-20(23(27)30-8-2)14(3)25-16-12-24(4,5)13-17(26)22(16)21/h9-11,21,25H,7-8,12-13H2,1-6H3/t21-/m1/s1. The summed E-state index contributed by atoms with van der Waals surface area (Å²) in [4.78, 5) is 26.2. The van der Waals surface area contributed by atoms with E-state index in [0.717, 1.165) is 23.4 Å². The van der Waals surface area contributed by atoms with Crippen LogP contribution in [0.25, 0.3) is 0 Å². The molecule has 1 aliphatic carbocycles. The molecule has 0 aromatic heterocycles. The molecule has 1 N–H and O–H groups in total. The lowest BCUT2D eigenvalue weighted by Crippen LogP contribution is -2.38. The molecule has 0 saturated carbocycles. The van der Waals surface area contributed by atoms with E-state index in [0.29, 0.717) is 35.7 Å². The van der Waals surface area contributed by atoms with Crippen molar-refractivity contribution < 1.29 is 23.8 Å². The molecular weight excluding hydrogens is 382 g/mol. The van der Waals surface area contributed by atoms with Gasteiger partial charge in [-0.3, -0.25) is 4.79 Å². The first-order valence-electron chi connectivity index (χ1n) is 10.4. The highest BCUT2D eigenvalue weighted by Crippen LogP contribution is 2.47. The molecule has 0 saturated heterocycles. The van der Waals surface area contributed by atoms with E-state index < -0.39 is 11.9 Å². The number of carbonyl (C=O) groups is 2. The Morgan fingerprint density at radius 1 is 1.17 bits per heavy atom. The molecule has 0 unspecified atom stereocenters. The average molecular weight is 414 g/mol. The lowest BCUT2D eigenvalue weighted by Gasteiger charge is -2.39. The Morgan fingerprint density at radius 2 is 1.90 bits per heavy atom. The number of Topliss-reactive ketones (excluding diaryl/α,β-unsaturated/α-hetero) is 1. The number of benzene rings is 1. The maximum atomic E-state index is 13.3. The zero-order valence-corrected chi connectivity index (χ0v) is 18.7. The van der Waals surface area contributed by atoms with Crippen LogP contribution in [0.4, 0.5) is 0 Å². The lowest BCUT2D eigenvalue weighted by atomic mass is 9.68. The maximum absolute atomic E-state index is 13.3. The van der Waals surface area contributed by atoms with Crippen LogP contribution in [0.15, 0.2) is 40.7 Å². The molecule has 1 atom stereocenters. The molecule has 1 aromatic carbocycles. The number of methoxy groups -OCH3 is 1. The number of hydrogen-bond donors (Lipinski definition) is 1. The van der Waals surface area contributed by atoms with Gasteiger partial charge in [0, 0.05) is 29.3 Å². The van der Waals surface area contributed by atoms with Gasteiger partial charge < -0.3 is 19.5 Å². The fourth-order valence-electron chi connectivity index (χ4n) is 4.39. The molecule has 6 nitrogen and oxygen atoms in total. The number of dihydropyridines is 1. The van der Waals surface area contributed by atoms with Gasteiger partial charge in [0.15, 0.2) is 17.3 Å². The minimum atomic E-state index is -0.506. The molecule has 1 heterocycles. The zero-order chi connectivity index (χ0) is 22.1. The Labute approximate surface area is 178 Å². The van der Waals surface area contributed by atoms with E-state index in [1.165, 1.54) is 0 Å². The lowest BCUT2D eigenvalue weighted by molar-refractivity contribution is -0.138. The second-order valence-corrected chi connectivity index (χ2v) is 8.49. The number of allylic oxidation sites excluding steroid dienone is 3. The van der Waals surface area contributed by atoms with Gasteiger partial charge in [-0.25, -0.2) is 4.79 Å². The molecule has 2 aliphatic rings. The van der Waals surface area contributed by atoms with Crippen LogP contribution in [-0.2, 0) is 14.3 Å². The number of hydrogen-bond acceptors (Lipinski definition) is 6. The monoisotopic (exact) mass is 413 g/mol. The summed E-state index contributed by atoms with van der Waals surface area (Å²) in [6.07, 6.45) is 1.18. The Morgan fingerprint density at radius 3 is 2.53 bits per heavy atom. The minimum absolute atomic E-state index is 0.0564. The van der Waals surface area contributed by atoms with Gasteiger partial charge in [0.1, 0.15) is 0 Å². The fourth-order valence-corrected chi connectivity index (χ4v) is 4.39. The summed E-state index contributed by atoms with van der Waals surface area (Å²) in [5.74, 6) is 0.333. The van der Waals surface area contributed by atoms with Crippen molar-refractivity contribution in [1.29, 1.82) is 0 Å². The molecule has 1 aliphatic heterocycles. The van der Waals surface area contributed by atoms with E-state index >= 15 is 0 Å². The summed E-state index contributed by atoms with van der Waals surface area (Å²) in [5, 5.41) is 3.34. The van der Waals surface area contributed by atoms with Crippen molar-refractivity contribution >= 4 is 11.8 Å². The predicted octanol–water partition coefficient (Wildman–Crippen LogP) is 4.26. The molecule has 30 heavy (non-hydrogen) atoms. The van der Waals surface area contributed by atoms with Crippen LogP contribution in [0.2, 0.25) is 0 Å². The van der Waals surface area contributed by atoms with Gasteiger partial charge >= 0.3 is 5.97 Å². The van der Waals surface area contributed by atoms with Crippen LogP contribution in [0.5, 0.6) is 11.5 Å². The highest BCUT2D eigenvalue weighted by Gasteiger charge is 2.43. The fraction of sp³-hybridized carbons (Fsp3) is 0.500. The second kappa shape index (κ2) is 8.54. The summed E-state index contributed by atoms with van der Waals surface area (Å²) in [6, 6.07) is 5.58. The van der Waals surface area contributed by atoms with Crippen LogP contribution in [0.3, 0.4) is 0 Å². The molecule has 6 heteroatoms. The molecule has 0 bridgehead atoms. The number of esters is 1. The van der Waals surface area contributed by atoms with Gasteiger partial charge in [-0.1, -0.05) is 19.9 Å². The Bertz CT molecular complexity index is 926. The van der Waals surface area contributed by atoms with Crippen LogP contribution >= 0.6 is 0 Å². The van der Waals surface area contributed by atoms with Crippen molar-refractivity contribution in [3.63, 3.8) is 0 Å². The van der Waals surface area contributed by atoms with Crippen molar-refractivity contribution in [2.45, 2.75) is 53.4 Å². The molecule has 0 fully saturated rings. The van der Waals surface area contributed by atoms with Crippen molar-refractivity contribution in [3.8, 4) is 11.5 Å². The first-order valence-corrected chi connectivity index (χ1v) is 10.4. The molecule has 3 rings (SSSR count).